The number of carbonyl (C=O) groups excluding carboxylic acids is 5. The number of hydrogen-bond acceptors (Lipinski definition) is 11. The average molecular weight is 395 g/mol. The maximum Gasteiger partial charge on any atom is 0.302 e. The van der Waals surface area contributed by atoms with Crippen molar-refractivity contribution in [1.29, 1.82) is 0 Å². The fourth-order valence-corrected chi connectivity index (χ4v) is 2.91. The Morgan fingerprint density at radius 2 is 1.37 bits per heavy atom. The summed E-state index contributed by atoms with van der Waals surface area (Å²) < 4.78 is 45.2. The molecule has 0 amide bonds. The van der Waals surface area contributed by atoms with Crippen LogP contribution in [0.2, 0.25) is 0 Å². The molecule has 0 saturated carbocycles. The second-order valence-corrected chi connectivity index (χ2v) is 5.81. The van der Waals surface area contributed by atoms with E-state index >= 15 is 0 Å². The van der Waals surface area contributed by atoms with Crippen molar-refractivity contribution in [2.75, 3.05) is 6.61 Å². The van der Waals surface area contributed by atoms with Gasteiger partial charge in [0.25, 0.3) is 5.79 Å². The summed E-state index contributed by atoms with van der Waals surface area (Å²) in [6.45, 7) is -8.32. The summed E-state index contributed by atoms with van der Waals surface area (Å²) in [7, 11) is 0. The second-order valence-electron chi connectivity index (χ2n) is 5.81. The SMILES string of the molecule is [2H]CC(=O)OC[C@H]1OC(O)(C(=O)C[2H])[C@](O)(C(=O)C[2H])[C@](O)(C(=O)C[2H])[C@@]1(O)C(=O)C[2H]. The Morgan fingerprint density at radius 1 is 0.852 bits per heavy atom. The molecule has 0 aromatic carbocycles. The fraction of sp³-hybridized carbons (Fsp3) is 0.688. The van der Waals surface area contributed by atoms with Crippen molar-refractivity contribution in [3.63, 3.8) is 0 Å². The normalized spacial score (nSPS) is 41.2. The molecular formula is C16H22O11. The van der Waals surface area contributed by atoms with E-state index < -0.39 is 98.9 Å². The second kappa shape index (κ2) is 6.84. The first kappa shape index (κ1) is 16.0. The zero-order valence-electron chi connectivity index (χ0n) is 19.0. The molecule has 1 aliphatic heterocycles. The molecule has 0 spiro atoms. The third kappa shape index (κ3) is 2.74. The van der Waals surface area contributed by atoms with Crippen LogP contribution in [0.4, 0.5) is 0 Å². The summed E-state index contributed by atoms with van der Waals surface area (Å²) in [6.07, 6.45) is -2.60. The summed E-state index contributed by atoms with van der Waals surface area (Å²) in [5.41, 5.74) is -12.4. The highest BCUT2D eigenvalue weighted by molar-refractivity contribution is 6.08. The van der Waals surface area contributed by atoms with Crippen LogP contribution in [0, 0.1) is 0 Å². The molecule has 0 aromatic heterocycles. The summed E-state index contributed by atoms with van der Waals surface area (Å²) in [5, 5.41) is 44.3. The summed E-state index contributed by atoms with van der Waals surface area (Å²) in [6, 6.07) is 0. The molecule has 152 valence electrons. The van der Waals surface area contributed by atoms with Crippen molar-refractivity contribution < 1.29 is 60.7 Å². The van der Waals surface area contributed by atoms with Crippen LogP contribution in [0.1, 0.15) is 41.4 Å². The van der Waals surface area contributed by atoms with Crippen LogP contribution >= 0.6 is 0 Å². The van der Waals surface area contributed by atoms with E-state index in [2.05, 4.69) is 4.74 Å². The lowest BCUT2D eigenvalue weighted by Gasteiger charge is -2.59. The maximum absolute atomic E-state index is 12.7. The zero-order chi connectivity index (χ0) is 25.1. The number of carbonyl (C=O) groups is 5. The first-order chi connectivity index (χ1) is 14.7. The van der Waals surface area contributed by atoms with Gasteiger partial charge in [0, 0.05) is 20.7 Å². The molecule has 1 heterocycles. The van der Waals surface area contributed by atoms with Gasteiger partial charge in [0.2, 0.25) is 11.2 Å². The molecule has 4 N–H and O–H groups in total. The van der Waals surface area contributed by atoms with Crippen LogP contribution in [0.5, 0.6) is 0 Å². The molecule has 11 nitrogen and oxygen atoms in total. The number of Topliss-reactive ketones (excluding diaryl/α,β-unsaturated/α-hetero) is 4. The van der Waals surface area contributed by atoms with Gasteiger partial charge in [-0.1, -0.05) is 0 Å². The smallest absolute Gasteiger partial charge is 0.302 e. The predicted molar refractivity (Wildman–Crippen MR) is 84.0 cm³/mol. The van der Waals surface area contributed by atoms with E-state index in [4.69, 9.17) is 11.6 Å². The topological polar surface area (TPSA) is 185 Å². The van der Waals surface area contributed by atoms with Gasteiger partial charge in [-0.25, -0.2) is 0 Å². The number of ether oxygens (including phenoxy) is 2. The highest BCUT2D eigenvalue weighted by atomic mass is 16.7. The van der Waals surface area contributed by atoms with Crippen LogP contribution in [0.25, 0.3) is 0 Å². The monoisotopic (exact) mass is 395 g/mol. The Kier molecular flexibility index (Phi) is 4.04. The maximum atomic E-state index is 12.7. The van der Waals surface area contributed by atoms with Crippen LogP contribution in [0.15, 0.2) is 0 Å². The van der Waals surface area contributed by atoms with Crippen LogP contribution in [0.3, 0.4) is 0 Å². The van der Waals surface area contributed by atoms with Gasteiger partial charge in [-0.05, 0) is 20.7 Å². The van der Waals surface area contributed by atoms with Crippen molar-refractivity contribution in [2.45, 2.75) is 63.2 Å². The van der Waals surface area contributed by atoms with Gasteiger partial charge in [-0.3, -0.25) is 24.0 Å². The van der Waals surface area contributed by atoms with E-state index in [9.17, 15) is 44.4 Å². The third-order valence-corrected chi connectivity index (χ3v) is 4.35. The lowest BCUT2D eigenvalue weighted by Crippen LogP contribution is -2.90. The number of aliphatic hydroxyl groups is 4. The first-order valence-corrected chi connectivity index (χ1v) is 7.06. The minimum Gasteiger partial charge on any atom is -0.463 e. The summed E-state index contributed by atoms with van der Waals surface area (Å²) in [4.78, 5) is 61.5. The zero-order valence-corrected chi connectivity index (χ0v) is 14.0. The van der Waals surface area contributed by atoms with E-state index in [1.807, 2.05) is 0 Å². The van der Waals surface area contributed by atoms with Crippen molar-refractivity contribution >= 4 is 29.1 Å². The van der Waals surface area contributed by atoms with Crippen molar-refractivity contribution in [1.82, 2.24) is 0 Å². The quantitative estimate of drug-likeness (QED) is 0.340. The molecule has 1 rings (SSSR count). The molecule has 1 saturated heterocycles. The van der Waals surface area contributed by atoms with Crippen molar-refractivity contribution in [3.05, 3.63) is 0 Å². The minimum atomic E-state index is -4.28. The molecule has 27 heavy (non-hydrogen) atoms. The Morgan fingerprint density at radius 3 is 1.85 bits per heavy atom. The minimum absolute atomic E-state index is 0.995. The molecule has 0 bridgehead atoms. The van der Waals surface area contributed by atoms with Gasteiger partial charge in [0.05, 0.1) is 0 Å². The number of hydrogen-bond donors (Lipinski definition) is 4. The Balaban J connectivity index is 4.09. The molecular weight excluding hydrogens is 368 g/mol. The molecule has 1 unspecified atom stereocenters. The van der Waals surface area contributed by atoms with Gasteiger partial charge < -0.3 is 29.9 Å². The Labute approximate surface area is 160 Å². The largest absolute Gasteiger partial charge is 0.463 e. The van der Waals surface area contributed by atoms with E-state index in [1.54, 1.807) is 0 Å². The van der Waals surface area contributed by atoms with Gasteiger partial charge in [-0.15, -0.1) is 0 Å². The fourth-order valence-electron chi connectivity index (χ4n) is 2.91. The van der Waals surface area contributed by atoms with E-state index in [-0.39, 0.29) is 0 Å². The lowest BCUT2D eigenvalue weighted by atomic mass is 9.57. The lowest BCUT2D eigenvalue weighted by molar-refractivity contribution is -0.390. The molecule has 0 radical (unpaired) electrons. The van der Waals surface area contributed by atoms with Gasteiger partial charge >= 0.3 is 5.97 Å². The molecule has 1 aliphatic rings. The van der Waals surface area contributed by atoms with Crippen molar-refractivity contribution in [3.8, 4) is 0 Å². The van der Waals surface area contributed by atoms with Gasteiger partial charge in [-0.2, -0.15) is 0 Å². The number of ketones is 4. The van der Waals surface area contributed by atoms with E-state index in [1.165, 1.54) is 0 Å². The molecule has 5 atom stereocenters. The van der Waals surface area contributed by atoms with Crippen LogP contribution < -0.4 is 0 Å². The predicted octanol–water partition coefficient (Wildman–Crippen LogP) is -2.81. The van der Waals surface area contributed by atoms with E-state index in [0.29, 0.717) is 0 Å². The summed E-state index contributed by atoms with van der Waals surface area (Å²) in [5.74, 6) is -13.0. The highest BCUT2D eigenvalue weighted by Crippen LogP contribution is 2.50. The standard InChI is InChI=1S/C16H22O11/c1-7(17)13(22)12(6-26-11(5)21)27-16(25,10(4)20)15(24,9(3)19)14(13,23)8(2)18/h12,22-25H,6H2,1-5H3/t12-,13-,14+,15+,16?/m1/s1/i1D,2D,3D,4D,5D. The Bertz CT molecular complexity index is 809. The third-order valence-electron chi connectivity index (χ3n) is 4.35. The van der Waals surface area contributed by atoms with Gasteiger partial charge in [0.1, 0.15) is 12.7 Å². The summed E-state index contributed by atoms with van der Waals surface area (Å²) >= 11 is 0. The molecule has 11 heteroatoms. The van der Waals surface area contributed by atoms with E-state index in [0.717, 1.165) is 0 Å². The molecule has 0 aromatic rings. The molecule has 1 fully saturated rings. The molecule has 0 aliphatic carbocycles. The van der Waals surface area contributed by atoms with Gasteiger partial charge in [0.15, 0.2) is 28.7 Å². The highest BCUT2D eigenvalue weighted by Gasteiger charge is 2.83. The number of esters is 1. The Hall–Kier alpha value is -2.05. The first-order valence-electron chi connectivity index (χ1n) is 10.6. The average Bonchev–Trinajstić information content (AvgIpc) is 2.80. The van der Waals surface area contributed by atoms with Crippen LogP contribution in [-0.4, -0.2) is 84.8 Å². The number of rotatable bonds is 6. The van der Waals surface area contributed by atoms with Crippen molar-refractivity contribution in [2.24, 2.45) is 0 Å². The van der Waals surface area contributed by atoms with Crippen LogP contribution in [-0.2, 0) is 33.4 Å².